The summed E-state index contributed by atoms with van der Waals surface area (Å²) in [6.45, 7) is 3.46. The van der Waals surface area contributed by atoms with E-state index in [1.807, 2.05) is 19.0 Å². The Bertz CT molecular complexity index is 345. The zero-order valence-electron chi connectivity index (χ0n) is 13.3. The first-order valence-corrected chi connectivity index (χ1v) is 7.09. The summed E-state index contributed by atoms with van der Waals surface area (Å²) in [5.41, 5.74) is 0. The van der Waals surface area contributed by atoms with Gasteiger partial charge in [-0.15, -0.1) is 0 Å². The van der Waals surface area contributed by atoms with Crippen LogP contribution in [0.4, 0.5) is 4.79 Å². The van der Waals surface area contributed by atoms with E-state index in [9.17, 15) is 9.59 Å². The molecular formula is C14H27N3O3. The van der Waals surface area contributed by atoms with Gasteiger partial charge in [0.05, 0.1) is 12.6 Å². The minimum absolute atomic E-state index is 0.00874. The SMILES string of the molecule is CC1CCN(C(=O)N(C)C)C(COC(=O)CN(C)C)C1. The molecule has 1 aliphatic rings. The van der Waals surface area contributed by atoms with Crippen molar-refractivity contribution in [3.63, 3.8) is 0 Å². The number of nitrogens with zero attached hydrogens (tertiary/aromatic N) is 3. The molecule has 116 valence electrons. The predicted octanol–water partition coefficient (Wildman–Crippen LogP) is 0.873. The van der Waals surface area contributed by atoms with Crippen molar-refractivity contribution >= 4 is 12.0 Å². The summed E-state index contributed by atoms with van der Waals surface area (Å²) in [5, 5.41) is 0. The van der Waals surface area contributed by atoms with Crippen LogP contribution in [0, 0.1) is 5.92 Å². The molecule has 1 saturated heterocycles. The van der Waals surface area contributed by atoms with Crippen molar-refractivity contribution in [2.75, 3.05) is 47.9 Å². The summed E-state index contributed by atoms with van der Waals surface area (Å²) < 4.78 is 5.31. The maximum absolute atomic E-state index is 12.1. The number of amides is 2. The summed E-state index contributed by atoms with van der Waals surface area (Å²) in [6, 6.07) is -0.0229. The van der Waals surface area contributed by atoms with Crippen molar-refractivity contribution in [3.05, 3.63) is 0 Å². The molecule has 0 N–H and O–H groups in total. The zero-order chi connectivity index (χ0) is 15.3. The van der Waals surface area contributed by atoms with E-state index in [0.717, 1.165) is 19.4 Å². The van der Waals surface area contributed by atoms with E-state index in [2.05, 4.69) is 6.92 Å². The first-order chi connectivity index (χ1) is 9.31. The van der Waals surface area contributed by atoms with Crippen LogP contribution >= 0.6 is 0 Å². The van der Waals surface area contributed by atoms with Crippen molar-refractivity contribution in [2.24, 2.45) is 5.92 Å². The van der Waals surface area contributed by atoms with Gasteiger partial charge in [-0.05, 0) is 32.9 Å². The van der Waals surface area contributed by atoms with E-state index < -0.39 is 0 Å². The van der Waals surface area contributed by atoms with E-state index in [1.165, 1.54) is 0 Å². The third-order valence-electron chi connectivity index (χ3n) is 3.49. The number of hydrogen-bond acceptors (Lipinski definition) is 4. The van der Waals surface area contributed by atoms with Crippen LogP contribution in [0.15, 0.2) is 0 Å². The Morgan fingerprint density at radius 1 is 1.25 bits per heavy atom. The fourth-order valence-electron chi connectivity index (χ4n) is 2.41. The standard InChI is InChI=1S/C14H27N3O3/c1-11-6-7-17(14(19)16(4)5)12(8-11)10-20-13(18)9-15(2)3/h11-12H,6-10H2,1-5H3. The van der Waals surface area contributed by atoms with Crippen LogP contribution in [-0.2, 0) is 9.53 Å². The summed E-state index contributed by atoms with van der Waals surface area (Å²) in [5.74, 6) is 0.309. The lowest BCUT2D eigenvalue weighted by molar-refractivity contribution is -0.146. The molecule has 2 unspecified atom stereocenters. The quantitative estimate of drug-likeness (QED) is 0.719. The molecule has 6 heteroatoms. The lowest BCUT2D eigenvalue weighted by Crippen LogP contribution is -2.51. The minimum atomic E-state index is -0.245. The van der Waals surface area contributed by atoms with Gasteiger partial charge in [0.25, 0.3) is 0 Å². The van der Waals surface area contributed by atoms with Gasteiger partial charge in [0.2, 0.25) is 0 Å². The molecule has 1 fully saturated rings. The topological polar surface area (TPSA) is 53.1 Å². The van der Waals surface area contributed by atoms with Gasteiger partial charge in [-0.1, -0.05) is 6.92 Å². The largest absolute Gasteiger partial charge is 0.463 e. The van der Waals surface area contributed by atoms with Crippen molar-refractivity contribution in [2.45, 2.75) is 25.8 Å². The zero-order valence-corrected chi connectivity index (χ0v) is 13.3. The predicted molar refractivity (Wildman–Crippen MR) is 77.5 cm³/mol. The number of hydrogen-bond donors (Lipinski definition) is 0. The minimum Gasteiger partial charge on any atom is -0.463 e. The van der Waals surface area contributed by atoms with Gasteiger partial charge in [0.1, 0.15) is 6.61 Å². The molecule has 2 amide bonds. The highest BCUT2D eigenvalue weighted by molar-refractivity contribution is 5.74. The molecule has 2 atom stereocenters. The Morgan fingerprint density at radius 2 is 1.90 bits per heavy atom. The molecule has 0 radical (unpaired) electrons. The third-order valence-corrected chi connectivity index (χ3v) is 3.49. The van der Waals surface area contributed by atoms with Gasteiger partial charge >= 0.3 is 12.0 Å². The number of carbonyl (C=O) groups is 2. The Hall–Kier alpha value is -1.30. The Kier molecular flexibility index (Phi) is 6.26. The summed E-state index contributed by atoms with van der Waals surface area (Å²) in [6.07, 6.45) is 1.89. The van der Waals surface area contributed by atoms with Crippen molar-refractivity contribution in [1.29, 1.82) is 0 Å². The molecule has 0 aromatic rings. The number of likely N-dealkylation sites (N-methyl/N-ethyl adjacent to an activating group) is 1. The molecule has 20 heavy (non-hydrogen) atoms. The number of carbonyl (C=O) groups excluding carboxylic acids is 2. The van der Waals surface area contributed by atoms with Crippen LogP contribution in [0.3, 0.4) is 0 Å². The molecule has 0 aromatic heterocycles. The van der Waals surface area contributed by atoms with Gasteiger partial charge in [-0.3, -0.25) is 9.69 Å². The first kappa shape index (κ1) is 16.8. The number of rotatable bonds is 4. The molecule has 1 heterocycles. The van der Waals surface area contributed by atoms with Crippen LogP contribution in [0.5, 0.6) is 0 Å². The molecule has 1 aliphatic heterocycles. The number of piperidine rings is 1. The second-order valence-electron chi connectivity index (χ2n) is 6.07. The molecular weight excluding hydrogens is 258 g/mol. The highest BCUT2D eigenvalue weighted by Gasteiger charge is 2.31. The molecule has 0 aromatic carbocycles. The normalized spacial score (nSPS) is 22.8. The monoisotopic (exact) mass is 285 g/mol. The van der Waals surface area contributed by atoms with Gasteiger partial charge in [0, 0.05) is 20.6 Å². The highest BCUT2D eigenvalue weighted by atomic mass is 16.5. The maximum Gasteiger partial charge on any atom is 0.320 e. The average Bonchev–Trinajstić information content (AvgIpc) is 2.34. The van der Waals surface area contributed by atoms with Crippen LogP contribution in [0.2, 0.25) is 0 Å². The Morgan fingerprint density at radius 3 is 2.45 bits per heavy atom. The van der Waals surface area contributed by atoms with Crippen molar-refractivity contribution < 1.29 is 14.3 Å². The molecule has 0 aliphatic carbocycles. The highest BCUT2D eigenvalue weighted by Crippen LogP contribution is 2.23. The second kappa shape index (κ2) is 7.47. The number of urea groups is 1. The Balaban J connectivity index is 2.57. The molecule has 0 saturated carbocycles. The van der Waals surface area contributed by atoms with Gasteiger partial charge in [0.15, 0.2) is 0 Å². The molecule has 0 bridgehead atoms. The summed E-state index contributed by atoms with van der Waals surface area (Å²) in [4.78, 5) is 28.9. The van der Waals surface area contributed by atoms with Crippen LogP contribution in [0.25, 0.3) is 0 Å². The molecule has 1 rings (SSSR count). The van der Waals surface area contributed by atoms with Gasteiger partial charge in [-0.25, -0.2) is 4.79 Å². The molecule has 0 spiro atoms. The lowest BCUT2D eigenvalue weighted by atomic mass is 9.93. The van der Waals surface area contributed by atoms with Gasteiger partial charge < -0.3 is 14.5 Å². The maximum atomic E-state index is 12.1. The average molecular weight is 285 g/mol. The Labute approximate surface area is 121 Å². The fourth-order valence-corrected chi connectivity index (χ4v) is 2.41. The number of ether oxygens (including phenoxy) is 1. The second-order valence-corrected chi connectivity index (χ2v) is 6.07. The van der Waals surface area contributed by atoms with Crippen LogP contribution in [-0.4, -0.2) is 80.6 Å². The smallest absolute Gasteiger partial charge is 0.320 e. The van der Waals surface area contributed by atoms with E-state index in [-0.39, 0.29) is 31.2 Å². The number of esters is 1. The van der Waals surface area contributed by atoms with E-state index >= 15 is 0 Å². The fraction of sp³-hybridized carbons (Fsp3) is 0.857. The van der Waals surface area contributed by atoms with E-state index in [4.69, 9.17) is 4.74 Å². The first-order valence-electron chi connectivity index (χ1n) is 7.09. The van der Waals surface area contributed by atoms with Gasteiger partial charge in [-0.2, -0.15) is 0 Å². The van der Waals surface area contributed by atoms with Crippen LogP contribution < -0.4 is 0 Å². The summed E-state index contributed by atoms with van der Waals surface area (Å²) >= 11 is 0. The van der Waals surface area contributed by atoms with Crippen molar-refractivity contribution in [1.82, 2.24) is 14.7 Å². The van der Waals surface area contributed by atoms with E-state index in [0.29, 0.717) is 5.92 Å². The van der Waals surface area contributed by atoms with Crippen molar-refractivity contribution in [3.8, 4) is 0 Å². The summed E-state index contributed by atoms with van der Waals surface area (Å²) in [7, 11) is 7.14. The number of likely N-dealkylation sites (tertiary alicyclic amines) is 1. The van der Waals surface area contributed by atoms with E-state index in [1.54, 1.807) is 23.9 Å². The van der Waals surface area contributed by atoms with Crippen LogP contribution in [0.1, 0.15) is 19.8 Å². The molecule has 6 nitrogen and oxygen atoms in total. The lowest BCUT2D eigenvalue weighted by Gasteiger charge is -2.39. The third kappa shape index (κ3) is 5.00.